The molecule has 3 heterocycles. The van der Waals surface area contributed by atoms with E-state index in [1.54, 1.807) is 12.5 Å². The van der Waals surface area contributed by atoms with Crippen molar-refractivity contribution in [3.63, 3.8) is 0 Å². The van der Waals surface area contributed by atoms with Gasteiger partial charge >= 0.3 is 0 Å². The monoisotopic (exact) mass is 384 g/mol. The van der Waals surface area contributed by atoms with Gasteiger partial charge in [-0.25, -0.2) is 15.0 Å². The Morgan fingerprint density at radius 1 is 0.897 bits per heavy atom. The average molecular weight is 384 g/mol. The molecule has 0 amide bonds. The highest BCUT2D eigenvalue weighted by atomic mass is 16.6. The van der Waals surface area contributed by atoms with E-state index in [1.807, 2.05) is 42.7 Å². The zero-order valence-corrected chi connectivity index (χ0v) is 16.0. The van der Waals surface area contributed by atoms with Gasteiger partial charge in [0.05, 0.1) is 29.5 Å². The van der Waals surface area contributed by atoms with Crippen molar-refractivity contribution in [2.45, 2.75) is 13.0 Å². The first-order valence-corrected chi connectivity index (χ1v) is 9.59. The molecule has 6 heteroatoms. The summed E-state index contributed by atoms with van der Waals surface area (Å²) in [6, 6.07) is 18.2. The minimum Gasteiger partial charge on any atom is -0.486 e. The summed E-state index contributed by atoms with van der Waals surface area (Å²) < 4.78 is 13.7. The third-order valence-electron chi connectivity index (χ3n) is 5.11. The van der Waals surface area contributed by atoms with Gasteiger partial charge in [-0.15, -0.1) is 0 Å². The minimum atomic E-state index is -0.00818. The lowest BCUT2D eigenvalue weighted by Gasteiger charge is -2.21. The van der Waals surface area contributed by atoms with Crippen LogP contribution in [0, 0.1) is 0 Å². The zero-order chi connectivity index (χ0) is 19.6. The number of nitrogens with zero attached hydrogens (tertiary/aromatic N) is 4. The van der Waals surface area contributed by atoms with Gasteiger partial charge in [-0.1, -0.05) is 30.3 Å². The third kappa shape index (κ3) is 3.23. The van der Waals surface area contributed by atoms with E-state index in [-0.39, 0.29) is 6.04 Å². The van der Waals surface area contributed by atoms with Gasteiger partial charge in [-0.2, -0.15) is 0 Å². The van der Waals surface area contributed by atoms with Crippen LogP contribution in [0.2, 0.25) is 0 Å². The molecule has 0 spiro atoms. The van der Waals surface area contributed by atoms with Crippen LogP contribution in [0.15, 0.2) is 73.4 Å². The number of imidazole rings is 1. The summed E-state index contributed by atoms with van der Waals surface area (Å²) in [5, 5.41) is 0. The topological polar surface area (TPSA) is 62.1 Å². The second-order valence-electron chi connectivity index (χ2n) is 6.88. The highest BCUT2D eigenvalue weighted by Gasteiger charge is 2.22. The molecule has 1 atom stereocenters. The number of fused-ring (bicyclic) bond motifs is 1. The molecule has 29 heavy (non-hydrogen) atoms. The maximum absolute atomic E-state index is 5.82. The Hall–Kier alpha value is -3.67. The Labute approximate surface area is 168 Å². The number of rotatable bonds is 4. The van der Waals surface area contributed by atoms with Gasteiger partial charge in [0.1, 0.15) is 19.5 Å². The highest BCUT2D eigenvalue weighted by molar-refractivity contribution is 5.80. The molecule has 6 nitrogen and oxygen atoms in total. The van der Waals surface area contributed by atoms with E-state index in [1.165, 1.54) is 0 Å². The second kappa shape index (κ2) is 7.39. The van der Waals surface area contributed by atoms with Crippen molar-refractivity contribution in [3.8, 4) is 34.0 Å². The highest BCUT2D eigenvalue weighted by Crippen LogP contribution is 2.39. The molecule has 0 radical (unpaired) electrons. The fourth-order valence-corrected chi connectivity index (χ4v) is 3.63. The summed E-state index contributed by atoms with van der Waals surface area (Å²) in [4.78, 5) is 13.2. The van der Waals surface area contributed by atoms with Gasteiger partial charge in [0.2, 0.25) is 0 Å². The molecular formula is C23H20N4O2. The molecule has 0 N–H and O–H groups in total. The molecule has 2 aromatic carbocycles. The third-order valence-corrected chi connectivity index (χ3v) is 5.11. The van der Waals surface area contributed by atoms with Gasteiger partial charge in [-0.05, 0) is 31.2 Å². The maximum Gasteiger partial charge on any atom is 0.162 e. The Balaban J connectivity index is 1.68. The number of hydrogen-bond acceptors (Lipinski definition) is 5. The van der Waals surface area contributed by atoms with Gasteiger partial charge in [-0.3, -0.25) is 0 Å². The van der Waals surface area contributed by atoms with Gasteiger partial charge in [0, 0.05) is 17.3 Å². The Morgan fingerprint density at radius 2 is 1.72 bits per heavy atom. The molecule has 2 aromatic heterocycles. The predicted octanol–water partition coefficient (Wildman–Crippen LogP) is 4.39. The molecule has 1 aliphatic rings. The van der Waals surface area contributed by atoms with Gasteiger partial charge in [0.15, 0.2) is 11.5 Å². The molecule has 4 aromatic rings. The maximum atomic E-state index is 5.82. The largest absolute Gasteiger partial charge is 0.486 e. The number of aromatic nitrogens is 4. The van der Waals surface area contributed by atoms with Crippen LogP contribution in [0.4, 0.5) is 0 Å². The molecule has 5 rings (SSSR count). The van der Waals surface area contributed by atoms with Crippen molar-refractivity contribution in [2.75, 3.05) is 13.2 Å². The lowest BCUT2D eigenvalue weighted by Crippen LogP contribution is -2.15. The lowest BCUT2D eigenvalue weighted by atomic mass is 10.0. The molecule has 144 valence electrons. The smallest absolute Gasteiger partial charge is 0.162 e. The van der Waals surface area contributed by atoms with Crippen molar-refractivity contribution in [2.24, 2.45) is 0 Å². The molecule has 0 bridgehead atoms. The summed E-state index contributed by atoms with van der Waals surface area (Å²) >= 11 is 0. The fraction of sp³-hybridized carbons (Fsp3) is 0.174. The van der Waals surface area contributed by atoms with Crippen LogP contribution in [0.1, 0.15) is 18.7 Å². The average Bonchev–Trinajstić information content (AvgIpc) is 3.24. The van der Waals surface area contributed by atoms with Crippen molar-refractivity contribution < 1.29 is 9.47 Å². The van der Waals surface area contributed by atoms with Crippen LogP contribution in [-0.4, -0.2) is 32.7 Å². The van der Waals surface area contributed by atoms with Crippen LogP contribution in [-0.2, 0) is 0 Å². The zero-order valence-electron chi connectivity index (χ0n) is 16.0. The van der Waals surface area contributed by atoms with Crippen molar-refractivity contribution in [1.29, 1.82) is 0 Å². The second-order valence-corrected chi connectivity index (χ2v) is 6.88. The predicted molar refractivity (Wildman–Crippen MR) is 110 cm³/mol. The van der Waals surface area contributed by atoms with Crippen LogP contribution < -0.4 is 9.47 Å². The lowest BCUT2D eigenvalue weighted by molar-refractivity contribution is 0.171. The standard InChI is InChI=1S/C23H20N4O2/c1-16(19-9-10-24-14-25-19)27-15-26-22(17-5-3-2-4-6-17)23(27)18-7-8-20-21(13-18)29-12-11-28-20/h2-10,13-16H,11-12H2,1H3. The van der Waals surface area contributed by atoms with Gasteiger partial charge in [0.25, 0.3) is 0 Å². The van der Waals surface area contributed by atoms with E-state index in [0.29, 0.717) is 13.2 Å². The first-order chi connectivity index (χ1) is 14.3. The Kier molecular flexibility index (Phi) is 4.44. The van der Waals surface area contributed by atoms with Crippen molar-refractivity contribution >= 4 is 0 Å². The molecule has 1 unspecified atom stereocenters. The first kappa shape index (κ1) is 17.4. The van der Waals surface area contributed by atoms with Crippen LogP contribution in [0.3, 0.4) is 0 Å². The normalized spacial score (nSPS) is 13.8. The molecule has 0 saturated heterocycles. The first-order valence-electron chi connectivity index (χ1n) is 9.59. The van der Waals surface area contributed by atoms with Crippen molar-refractivity contribution in [3.05, 3.63) is 79.1 Å². The minimum absolute atomic E-state index is 0.00818. The van der Waals surface area contributed by atoms with E-state index < -0.39 is 0 Å². The summed E-state index contributed by atoms with van der Waals surface area (Å²) in [6.45, 7) is 3.24. The summed E-state index contributed by atoms with van der Waals surface area (Å²) in [6.07, 6.45) is 5.21. The molecule has 1 aliphatic heterocycles. The quantitative estimate of drug-likeness (QED) is 0.522. The number of hydrogen-bond donors (Lipinski definition) is 0. The Morgan fingerprint density at radius 3 is 2.52 bits per heavy atom. The van der Waals surface area contributed by atoms with Crippen molar-refractivity contribution in [1.82, 2.24) is 19.5 Å². The van der Waals surface area contributed by atoms with Crippen LogP contribution in [0.5, 0.6) is 11.5 Å². The van der Waals surface area contributed by atoms with E-state index >= 15 is 0 Å². The molecule has 0 saturated carbocycles. The van der Waals surface area contributed by atoms with Crippen LogP contribution in [0.25, 0.3) is 22.5 Å². The summed E-state index contributed by atoms with van der Waals surface area (Å²) in [7, 11) is 0. The van der Waals surface area contributed by atoms with Gasteiger partial charge < -0.3 is 14.0 Å². The molecule has 0 fully saturated rings. The fourth-order valence-electron chi connectivity index (χ4n) is 3.63. The van der Waals surface area contributed by atoms with E-state index in [4.69, 9.17) is 14.5 Å². The Bertz CT molecular complexity index is 1130. The summed E-state index contributed by atoms with van der Waals surface area (Å²) in [5.41, 5.74) is 4.94. The molecular weight excluding hydrogens is 364 g/mol. The molecule has 0 aliphatic carbocycles. The number of ether oxygens (including phenoxy) is 2. The number of benzene rings is 2. The van der Waals surface area contributed by atoms with E-state index in [9.17, 15) is 0 Å². The van der Waals surface area contributed by atoms with Crippen LogP contribution >= 0.6 is 0 Å². The SMILES string of the molecule is CC(c1ccncn1)n1cnc(-c2ccccc2)c1-c1ccc2c(c1)OCCO2. The summed E-state index contributed by atoms with van der Waals surface area (Å²) in [5.74, 6) is 1.53. The van der Waals surface area contributed by atoms with E-state index in [0.717, 1.165) is 39.7 Å². The van der Waals surface area contributed by atoms with E-state index in [2.05, 4.69) is 39.7 Å².